The molecule has 6 heteroatoms. The van der Waals surface area contributed by atoms with E-state index in [0.29, 0.717) is 19.3 Å². The van der Waals surface area contributed by atoms with Crippen molar-refractivity contribution in [2.45, 2.75) is 317 Å². The third-order valence-corrected chi connectivity index (χ3v) is 12.9. The normalized spacial score (nSPS) is 12.1. The lowest BCUT2D eigenvalue weighted by atomic mass is 10.0. The molecule has 0 amide bonds. The maximum Gasteiger partial charge on any atom is 0.306 e. The van der Waals surface area contributed by atoms with E-state index < -0.39 is 6.10 Å². The van der Waals surface area contributed by atoms with Crippen molar-refractivity contribution in [3.05, 3.63) is 0 Å². The lowest BCUT2D eigenvalue weighted by Gasteiger charge is -2.18. The fraction of sp³-hybridized carbons (Fsp3) is 0.947. The maximum atomic E-state index is 12.8. The summed E-state index contributed by atoms with van der Waals surface area (Å²) in [5.41, 5.74) is 0. The van der Waals surface area contributed by atoms with Crippen LogP contribution in [0, 0.1) is 17.8 Å². The van der Waals surface area contributed by atoms with Crippen LogP contribution in [0.3, 0.4) is 0 Å². The molecule has 374 valence electrons. The monoisotopic (exact) mass is 891 g/mol. The van der Waals surface area contributed by atoms with Gasteiger partial charge in [-0.3, -0.25) is 14.4 Å². The first-order valence-corrected chi connectivity index (χ1v) is 28.1. The zero-order valence-electron chi connectivity index (χ0n) is 43.4. The number of unbranched alkanes of at least 4 members (excludes halogenated alkanes) is 33. The van der Waals surface area contributed by atoms with Crippen LogP contribution >= 0.6 is 0 Å². The van der Waals surface area contributed by atoms with Crippen molar-refractivity contribution in [2.24, 2.45) is 17.8 Å². The van der Waals surface area contributed by atoms with Gasteiger partial charge in [-0.1, -0.05) is 273 Å². The predicted molar refractivity (Wildman–Crippen MR) is 270 cm³/mol. The summed E-state index contributed by atoms with van der Waals surface area (Å²) in [6.45, 7) is 13.7. The first-order valence-electron chi connectivity index (χ1n) is 28.1. The topological polar surface area (TPSA) is 78.9 Å². The van der Waals surface area contributed by atoms with Gasteiger partial charge in [-0.25, -0.2) is 0 Å². The minimum absolute atomic E-state index is 0.0638. The highest BCUT2D eigenvalue weighted by Crippen LogP contribution is 2.18. The molecule has 0 aromatic carbocycles. The standard InChI is InChI=1S/C57H110O6/c1-51(2)43-37-31-25-19-13-9-7-8-10-16-22-28-34-40-46-55(58)61-49-54(63-57(60)48-42-36-30-24-18-12-15-21-27-33-39-45-53(5)6)50-62-56(59)47-41-35-29-23-17-11-14-20-26-32-38-44-52(3)4/h51-54H,7-50H2,1-6H3/t54-/m1/s1. The molecule has 0 spiro atoms. The Hall–Kier alpha value is -1.59. The smallest absolute Gasteiger partial charge is 0.306 e. The van der Waals surface area contributed by atoms with E-state index in [-0.39, 0.29) is 31.1 Å². The quantitative estimate of drug-likeness (QED) is 0.0344. The van der Waals surface area contributed by atoms with Crippen LogP contribution in [0.25, 0.3) is 0 Å². The average molecular weight is 892 g/mol. The summed E-state index contributed by atoms with van der Waals surface area (Å²) in [7, 11) is 0. The molecule has 0 rings (SSSR count). The predicted octanol–water partition coefficient (Wildman–Crippen LogP) is 18.3. The van der Waals surface area contributed by atoms with Gasteiger partial charge in [-0.05, 0) is 37.0 Å². The van der Waals surface area contributed by atoms with Gasteiger partial charge in [0, 0.05) is 19.3 Å². The van der Waals surface area contributed by atoms with Crippen LogP contribution in [0.2, 0.25) is 0 Å². The van der Waals surface area contributed by atoms with E-state index in [1.807, 2.05) is 0 Å². The number of carbonyl (C=O) groups is 3. The van der Waals surface area contributed by atoms with Crippen LogP contribution in [-0.4, -0.2) is 37.2 Å². The maximum absolute atomic E-state index is 12.8. The highest BCUT2D eigenvalue weighted by molar-refractivity contribution is 5.71. The van der Waals surface area contributed by atoms with Crippen molar-refractivity contribution in [1.82, 2.24) is 0 Å². The molecule has 0 bridgehead atoms. The summed E-state index contributed by atoms with van der Waals surface area (Å²) in [6, 6.07) is 0. The lowest BCUT2D eigenvalue weighted by molar-refractivity contribution is -0.167. The highest BCUT2D eigenvalue weighted by Gasteiger charge is 2.19. The van der Waals surface area contributed by atoms with Crippen LogP contribution < -0.4 is 0 Å². The Kier molecular flexibility index (Phi) is 47.1. The Labute approximate surface area is 393 Å². The SMILES string of the molecule is CC(C)CCCCCCCCCCCCCCCCC(=O)OC[C@H](COC(=O)CCCCCCCCCCCCCC(C)C)OC(=O)CCCCCCCCCCCCCC(C)C. The Bertz CT molecular complexity index is 976. The van der Waals surface area contributed by atoms with E-state index in [1.54, 1.807) is 0 Å². The molecular weight excluding hydrogens is 781 g/mol. The lowest BCUT2D eigenvalue weighted by Crippen LogP contribution is -2.30. The first-order chi connectivity index (χ1) is 30.6. The highest BCUT2D eigenvalue weighted by atomic mass is 16.6. The molecule has 0 aromatic rings. The van der Waals surface area contributed by atoms with Crippen molar-refractivity contribution >= 4 is 17.9 Å². The van der Waals surface area contributed by atoms with E-state index >= 15 is 0 Å². The number of esters is 3. The minimum atomic E-state index is -0.763. The van der Waals surface area contributed by atoms with Crippen LogP contribution in [-0.2, 0) is 28.6 Å². The molecule has 63 heavy (non-hydrogen) atoms. The molecule has 0 unspecified atom stereocenters. The zero-order chi connectivity index (χ0) is 46.3. The molecule has 0 saturated carbocycles. The molecule has 0 aliphatic carbocycles. The molecule has 0 aliphatic heterocycles. The van der Waals surface area contributed by atoms with Crippen molar-refractivity contribution in [1.29, 1.82) is 0 Å². The molecule has 6 nitrogen and oxygen atoms in total. The van der Waals surface area contributed by atoms with Gasteiger partial charge < -0.3 is 14.2 Å². The van der Waals surface area contributed by atoms with E-state index in [9.17, 15) is 14.4 Å². The minimum Gasteiger partial charge on any atom is -0.462 e. The van der Waals surface area contributed by atoms with Gasteiger partial charge in [-0.2, -0.15) is 0 Å². The van der Waals surface area contributed by atoms with Crippen molar-refractivity contribution in [3.8, 4) is 0 Å². The van der Waals surface area contributed by atoms with Gasteiger partial charge in [0.2, 0.25) is 0 Å². The Balaban J connectivity index is 4.30. The molecule has 1 atom stereocenters. The van der Waals surface area contributed by atoms with Crippen LogP contribution in [0.1, 0.15) is 311 Å². The summed E-state index contributed by atoms with van der Waals surface area (Å²) >= 11 is 0. The second kappa shape index (κ2) is 48.3. The number of hydrogen-bond acceptors (Lipinski definition) is 6. The molecule has 0 radical (unpaired) electrons. The molecule has 0 saturated heterocycles. The molecule has 0 aliphatic rings. The fourth-order valence-corrected chi connectivity index (χ4v) is 8.65. The summed E-state index contributed by atoms with van der Waals surface area (Å²) in [4.78, 5) is 38.1. The second-order valence-corrected chi connectivity index (χ2v) is 21.0. The van der Waals surface area contributed by atoms with Gasteiger partial charge in [0.25, 0.3) is 0 Å². The fourth-order valence-electron chi connectivity index (χ4n) is 8.65. The Morgan fingerprint density at radius 3 is 0.683 bits per heavy atom. The summed E-state index contributed by atoms with van der Waals surface area (Å²) in [6.07, 6.45) is 49.5. The van der Waals surface area contributed by atoms with Crippen LogP contribution in [0.15, 0.2) is 0 Å². The molecule has 0 N–H and O–H groups in total. The van der Waals surface area contributed by atoms with Gasteiger partial charge in [0.05, 0.1) is 0 Å². The summed E-state index contributed by atoms with van der Waals surface area (Å²) in [5, 5.41) is 0. The first kappa shape index (κ1) is 61.4. The largest absolute Gasteiger partial charge is 0.462 e. The zero-order valence-corrected chi connectivity index (χ0v) is 43.4. The van der Waals surface area contributed by atoms with Gasteiger partial charge in [0.15, 0.2) is 6.10 Å². The third-order valence-electron chi connectivity index (χ3n) is 12.9. The Morgan fingerprint density at radius 1 is 0.270 bits per heavy atom. The number of hydrogen-bond donors (Lipinski definition) is 0. The molecule has 0 aromatic heterocycles. The molecular formula is C57H110O6. The van der Waals surface area contributed by atoms with Crippen LogP contribution in [0.4, 0.5) is 0 Å². The molecule has 0 fully saturated rings. The Morgan fingerprint density at radius 2 is 0.460 bits per heavy atom. The van der Waals surface area contributed by atoms with Crippen molar-refractivity contribution in [2.75, 3.05) is 13.2 Å². The summed E-state index contributed by atoms with van der Waals surface area (Å²) < 4.78 is 16.9. The summed E-state index contributed by atoms with van der Waals surface area (Å²) in [5.74, 6) is 1.65. The number of carbonyl (C=O) groups excluding carboxylic acids is 3. The van der Waals surface area contributed by atoms with Gasteiger partial charge in [-0.15, -0.1) is 0 Å². The third kappa shape index (κ3) is 51.3. The average Bonchev–Trinajstić information content (AvgIpc) is 3.24. The van der Waals surface area contributed by atoms with Crippen molar-refractivity contribution in [3.63, 3.8) is 0 Å². The molecule has 0 heterocycles. The van der Waals surface area contributed by atoms with Gasteiger partial charge in [0.1, 0.15) is 13.2 Å². The van der Waals surface area contributed by atoms with E-state index in [2.05, 4.69) is 41.5 Å². The van der Waals surface area contributed by atoms with Crippen LogP contribution in [0.5, 0.6) is 0 Å². The van der Waals surface area contributed by atoms with E-state index in [1.165, 1.54) is 193 Å². The van der Waals surface area contributed by atoms with E-state index in [0.717, 1.165) is 75.5 Å². The second-order valence-electron chi connectivity index (χ2n) is 21.0. The van der Waals surface area contributed by atoms with Crippen molar-refractivity contribution < 1.29 is 28.6 Å². The van der Waals surface area contributed by atoms with E-state index in [4.69, 9.17) is 14.2 Å². The van der Waals surface area contributed by atoms with Gasteiger partial charge >= 0.3 is 17.9 Å². The number of ether oxygens (including phenoxy) is 3. The number of rotatable bonds is 50.